The number of nitrogens with one attached hydrogen (secondary N) is 2. The van der Waals surface area contributed by atoms with Crippen LogP contribution in [-0.2, 0) is 0 Å². The Morgan fingerprint density at radius 2 is 2.11 bits per heavy atom. The van der Waals surface area contributed by atoms with Gasteiger partial charge in [0.2, 0.25) is 0 Å². The number of hydrogen-bond donors (Lipinski definition) is 3. The molecule has 7 heteroatoms. The molecule has 4 N–H and O–H groups in total. The summed E-state index contributed by atoms with van der Waals surface area (Å²) in [5.41, 5.74) is 3.02. The number of pyridine rings is 1. The Morgan fingerprint density at radius 3 is 2.79 bits per heavy atom. The number of nitrogens with two attached hydrogens (primary N) is 1. The average Bonchev–Trinajstić information content (AvgIpc) is 2.43. The van der Waals surface area contributed by atoms with Gasteiger partial charge in [0.25, 0.3) is 5.91 Å². The third kappa shape index (κ3) is 3.27. The largest absolute Gasteiger partial charge is 0.321 e. The van der Waals surface area contributed by atoms with Gasteiger partial charge in [-0.2, -0.15) is 0 Å². The minimum atomic E-state index is -0.407. The van der Waals surface area contributed by atoms with Crippen molar-refractivity contribution in [1.29, 1.82) is 0 Å². The predicted molar refractivity (Wildman–Crippen MR) is 74.1 cm³/mol. The summed E-state index contributed by atoms with van der Waals surface area (Å²) in [5.74, 6) is 4.79. The lowest BCUT2D eigenvalue weighted by Gasteiger charge is -2.06. The molecule has 0 unspecified atom stereocenters. The molecule has 1 aromatic heterocycles. The first-order valence-electron chi connectivity index (χ1n) is 5.30. The van der Waals surface area contributed by atoms with Gasteiger partial charge < -0.3 is 10.7 Å². The maximum Gasteiger partial charge on any atom is 0.274 e. The van der Waals surface area contributed by atoms with E-state index in [-0.39, 0.29) is 10.2 Å². The number of nitrogens with zero attached hydrogens (tertiary/aromatic N) is 1. The highest BCUT2D eigenvalue weighted by molar-refractivity contribution is 9.10. The van der Waals surface area contributed by atoms with Crippen molar-refractivity contribution < 1.29 is 9.18 Å². The lowest BCUT2D eigenvalue weighted by atomic mass is 10.3. The number of halogens is 2. The van der Waals surface area contributed by atoms with E-state index in [1.165, 1.54) is 18.2 Å². The normalized spacial score (nSPS) is 10.1. The number of carbonyl (C=O) groups excluding carboxylic acids is 1. The summed E-state index contributed by atoms with van der Waals surface area (Å²) in [4.78, 5) is 15.9. The number of anilines is 2. The molecule has 0 aliphatic heterocycles. The summed E-state index contributed by atoms with van der Waals surface area (Å²) >= 11 is 3.05. The van der Waals surface area contributed by atoms with E-state index in [1.54, 1.807) is 18.2 Å². The average molecular weight is 325 g/mol. The van der Waals surface area contributed by atoms with Crippen LogP contribution in [0.5, 0.6) is 0 Å². The molecule has 19 heavy (non-hydrogen) atoms. The van der Waals surface area contributed by atoms with Gasteiger partial charge in [-0.15, -0.1) is 0 Å². The van der Waals surface area contributed by atoms with E-state index < -0.39 is 11.7 Å². The van der Waals surface area contributed by atoms with Crippen molar-refractivity contribution in [3.63, 3.8) is 0 Å². The van der Waals surface area contributed by atoms with Crippen molar-refractivity contribution in [2.24, 2.45) is 5.84 Å². The van der Waals surface area contributed by atoms with Gasteiger partial charge in [0.05, 0.1) is 4.47 Å². The van der Waals surface area contributed by atoms with Crippen LogP contribution >= 0.6 is 15.9 Å². The molecule has 0 bridgehead atoms. The van der Waals surface area contributed by atoms with Crippen LogP contribution in [0.1, 0.15) is 10.5 Å². The maximum atomic E-state index is 13.1. The number of hydrogen-bond acceptors (Lipinski definition) is 4. The predicted octanol–water partition coefficient (Wildman–Crippen LogP) is 2.52. The number of carbonyl (C=O) groups is 1. The lowest BCUT2D eigenvalue weighted by Crippen LogP contribution is -2.16. The van der Waals surface area contributed by atoms with Gasteiger partial charge in [-0.05, 0) is 46.3 Å². The summed E-state index contributed by atoms with van der Waals surface area (Å²) in [6.07, 6.45) is 0. The van der Waals surface area contributed by atoms with E-state index in [2.05, 4.69) is 31.7 Å². The van der Waals surface area contributed by atoms with Crippen molar-refractivity contribution in [3.05, 3.63) is 52.4 Å². The molecule has 0 fully saturated rings. The van der Waals surface area contributed by atoms with E-state index in [4.69, 9.17) is 5.84 Å². The number of amides is 1. The van der Waals surface area contributed by atoms with Crippen molar-refractivity contribution in [2.75, 3.05) is 10.7 Å². The Balaban J connectivity index is 2.18. The molecule has 0 aliphatic carbocycles. The summed E-state index contributed by atoms with van der Waals surface area (Å²) in [6, 6.07) is 9.02. The molecule has 0 radical (unpaired) electrons. The van der Waals surface area contributed by atoms with Crippen molar-refractivity contribution in [3.8, 4) is 0 Å². The van der Waals surface area contributed by atoms with Crippen molar-refractivity contribution >= 4 is 33.3 Å². The van der Waals surface area contributed by atoms with Crippen LogP contribution in [0.25, 0.3) is 0 Å². The zero-order valence-electron chi connectivity index (χ0n) is 9.65. The minimum Gasteiger partial charge on any atom is -0.321 e. The number of aromatic nitrogens is 1. The molecule has 1 aromatic carbocycles. The Labute approximate surface area is 117 Å². The van der Waals surface area contributed by atoms with Crippen LogP contribution in [0.3, 0.4) is 0 Å². The van der Waals surface area contributed by atoms with Crippen LogP contribution in [0.4, 0.5) is 15.9 Å². The Kier molecular flexibility index (Phi) is 4.08. The fourth-order valence-electron chi connectivity index (χ4n) is 1.41. The van der Waals surface area contributed by atoms with Crippen LogP contribution in [0.2, 0.25) is 0 Å². The maximum absolute atomic E-state index is 13.1. The van der Waals surface area contributed by atoms with Gasteiger partial charge in [0.15, 0.2) is 0 Å². The molecular weight excluding hydrogens is 315 g/mol. The van der Waals surface area contributed by atoms with Crippen molar-refractivity contribution in [1.82, 2.24) is 4.98 Å². The van der Waals surface area contributed by atoms with Gasteiger partial charge in [-0.3, -0.25) is 4.79 Å². The highest BCUT2D eigenvalue weighted by Gasteiger charge is 2.09. The molecule has 0 atom stereocenters. The van der Waals surface area contributed by atoms with E-state index in [1.807, 2.05) is 0 Å². The fourth-order valence-corrected chi connectivity index (χ4v) is 1.79. The minimum absolute atomic E-state index is 0.205. The quantitative estimate of drug-likeness (QED) is 0.598. The fraction of sp³-hybridized carbons (Fsp3) is 0. The van der Waals surface area contributed by atoms with E-state index in [9.17, 15) is 9.18 Å². The molecule has 0 aliphatic rings. The van der Waals surface area contributed by atoms with E-state index in [0.29, 0.717) is 11.5 Å². The van der Waals surface area contributed by atoms with Crippen molar-refractivity contribution in [2.45, 2.75) is 0 Å². The van der Waals surface area contributed by atoms with E-state index in [0.717, 1.165) is 0 Å². The Morgan fingerprint density at radius 1 is 1.32 bits per heavy atom. The number of rotatable bonds is 3. The van der Waals surface area contributed by atoms with Crippen LogP contribution in [-0.4, -0.2) is 10.9 Å². The topological polar surface area (TPSA) is 80.0 Å². The second kappa shape index (κ2) is 5.77. The van der Waals surface area contributed by atoms with Gasteiger partial charge in [0, 0.05) is 5.69 Å². The zero-order chi connectivity index (χ0) is 13.8. The first-order chi connectivity index (χ1) is 9.10. The molecular formula is C12H10BrFN4O. The molecule has 98 valence electrons. The molecule has 2 aromatic rings. The Bertz CT molecular complexity index is 620. The standard InChI is InChI=1S/C12H10BrFN4O/c13-8-6-7(4-5-9(8)14)16-12(19)10-2-1-3-11(17-10)18-15/h1-6H,15H2,(H,16,19)(H,17,18). The molecule has 2 rings (SSSR count). The number of hydrazine groups is 1. The third-order valence-electron chi connectivity index (χ3n) is 2.31. The highest BCUT2D eigenvalue weighted by atomic mass is 79.9. The van der Waals surface area contributed by atoms with Gasteiger partial charge in [-0.25, -0.2) is 15.2 Å². The van der Waals surface area contributed by atoms with Crippen LogP contribution in [0.15, 0.2) is 40.9 Å². The first kappa shape index (κ1) is 13.4. The Hall–Kier alpha value is -1.99. The highest BCUT2D eigenvalue weighted by Crippen LogP contribution is 2.20. The molecule has 0 saturated heterocycles. The summed E-state index contributed by atoms with van der Waals surface area (Å²) in [6.45, 7) is 0. The number of benzene rings is 1. The van der Waals surface area contributed by atoms with Gasteiger partial charge >= 0.3 is 0 Å². The summed E-state index contributed by atoms with van der Waals surface area (Å²) in [7, 11) is 0. The molecule has 0 saturated carbocycles. The second-order valence-corrected chi connectivity index (χ2v) is 4.49. The molecule has 1 amide bonds. The summed E-state index contributed by atoms with van der Waals surface area (Å²) in [5, 5.41) is 2.61. The van der Waals surface area contributed by atoms with Crippen LogP contribution < -0.4 is 16.6 Å². The second-order valence-electron chi connectivity index (χ2n) is 3.64. The van der Waals surface area contributed by atoms with Gasteiger partial charge in [0.1, 0.15) is 17.3 Å². The molecule has 0 spiro atoms. The van der Waals surface area contributed by atoms with E-state index >= 15 is 0 Å². The smallest absolute Gasteiger partial charge is 0.274 e. The van der Waals surface area contributed by atoms with Gasteiger partial charge in [-0.1, -0.05) is 6.07 Å². The number of nitrogen functional groups attached to an aromatic ring is 1. The lowest BCUT2D eigenvalue weighted by molar-refractivity contribution is 0.102. The molecule has 1 heterocycles. The third-order valence-corrected chi connectivity index (χ3v) is 2.91. The summed E-state index contributed by atoms with van der Waals surface area (Å²) < 4.78 is 13.3. The first-order valence-corrected chi connectivity index (χ1v) is 6.09. The molecule has 5 nitrogen and oxygen atoms in total. The zero-order valence-corrected chi connectivity index (χ0v) is 11.2. The SMILES string of the molecule is NNc1cccc(C(=O)Nc2ccc(F)c(Br)c2)n1. The van der Waals surface area contributed by atoms with Crippen LogP contribution in [0, 0.1) is 5.82 Å². The monoisotopic (exact) mass is 324 g/mol.